The maximum absolute atomic E-state index is 3.85. The van der Waals surface area contributed by atoms with E-state index in [4.69, 9.17) is 0 Å². The Labute approximate surface area is 82.3 Å². The van der Waals surface area contributed by atoms with Gasteiger partial charge >= 0.3 is 0 Å². The van der Waals surface area contributed by atoms with Crippen molar-refractivity contribution in [2.24, 2.45) is 11.8 Å². The largest absolute Gasteiger partial charge is 0.317 e. The van der Waals surface area contributed by atoms with Gasteiger partial charge in [0.25, 0.3) is 0 Å². The SMILES string of the molecule is C=CC[N+]1(CC=C)CC(C)C(C)C1. The summed E-state index contributed by atoms with van der Waals surface area (Å²) in [5.41, 5.74) is 0. The van der Waals surface area contributed by atoms with Crippen LogP contribution in [0.4, 0.5) is 0 Å². The average Bonchev–Trinajstić information content (AvgIpc) is 2.29. The summed E-state index contributed by atoms with van der Waals surface area (Å²) in [6, 6.07) is 0. The van der Waals surface area contributed by atoms with E-state index >= 15 is 0 Å². The second kappa shape index (κ2) is 4.10. The standard InChI is InChI=1S/C12H22N/c1-5-7-13(8-6-2)9-11(3)12(4)10-13/h5-6,11-12H,1-2,7-10H2,3-4H3/q+1. The first-order chi connectivity index (χ1) is 6.13. The molecule has 1 nitrogen and oxygen atoms in total. The minimum Gasteiger partial charge on any atom is -0.317 e. The fourth-order valence-electron chi connectivity index (χ4n) is 2.58. The number of hydrogen-bond donors (Lipinski definition) is 0. The summed E-state index contributed by atoms with van der Waals surface area (Å²) in [4.78, 5) is 0. The fourth-order valence-corrected chi connectivity index (χ4v) is 2.58. The lowest BCUT2D eigenvalue weighted by molar-refractivity contribution is -0.908. The van der Waals surface area contributed by atoms with Crippen molar-refractivity contribution < 1.29 is 4.48 Å². The molecule has 1 fully saturated rings. The topological polar surface area (TPSA) is 0 Å². The lowest BCUT2D eigenvalue weighted by atomic mass is 10.0. The van der Waals surface area contributed by atoms with Gasteiger partial charge in [0, 0.05) is 11.8 Å². The molecule has 1 saturated heterocycles. The van der Waals surface area contributed by atoms with Gasteiger partial charge in [-0.15, -0.1) is 0 Å². The summed E-state index contributed by atoms with van der Waals surface area (Å²) in [5, 5.41) is 0. The Morgan fingerprint density at radius 2 is 1.46 bits per heavy atom. The molecule has 74 valence electrons. The molecule has 1 heterocycles. The van der Waals surface area contributed by atoms with Gasteiger partial charge in [-0.1, -0.05) is 27.0 Å². The van der Waals surface area contributed by atoms with Gasteiger partial charge in [-0.3, -0.25) is 0 Å². The molecule has 0 aromatic rings. The molecule has 1 aliphatic rings. The smallest absolute Gasteiger partial charge is 0.0973 e. The van der Waals surface area contributed by atoms with Crippen molar-refractivity contribution in [2.75, 3.05) is 26.2 Å². The van der Waals surface area contributed by atoms with Crippen molar-refractivity contribution in [3.8, 4) is 0 Å². The lowest BCUT2D eigenvalue weighted by Gasteiger charge is -2.32. The van der Waals surface area contributed by atoms with Crippen molar-refractivity contribution in [3.05, 3.63) is 25.3 Å². The van der Waals surface area contributed by atoms with E-state index in [-0.39, 0.29) is 0 Å². The van der Waals surface area contributed by atoms with Crippen LogP contribution in [0, 0.1) is 11.8 Å². The monoisotopic (exact) mass is 180 g/mol. The first-order valence-electron chi connectivity index (χ1n) is 5.20. The maximum Gasteiger partial charge on any atom is 0.0973 e. The molecule has 13 heavy (non-hydrogen) atoms. The summed E-state index contributed by atoms with van der Waals surface area (Å²) in [5.74, 6) is 1.69. The Hall–Kier alpha value is -0.560. The van der Waals surface area contributed by atoms with Gasteiger partial charge in [0.2, 0.25) is 0 Å². The molecule has 2 atom stereocenters. The van der Waals surface area contributed by atoms with Crippen molar-refractivity contribution in [3.63, 3.8) is 0 Å². The van der Waals surface area contributed by atoms with E-state index in [1.54, 1.807) is 0 Å². The fraction of sp³-hybridized carbons (Fsp3) is 0.667. The second-order valence-electron chi connectivity index (χ2n) is 4.60. The molecule has 1 aliphatic heterocycles. The minimum absolute atomic E-state index is 0.847. The van der Waals surface area contributed by atoms with Gasteiger partial charge in [0.15, 0.2) is 0 Å². The van der Waals surface area contributed by atoms with E-state index in [1.165, 1.54) is 17.6 Å². The van der Waals surface area contributed by atoms with E-state index in [9.17, 15) is 0 Å². The first kappa shape index (κ1) is 10.5. The highest BCUT2D eigenvalue weighted by atomic mass is 15.4. The van der Waals surface area contributed by atoms with Crippen molar-refractivity contribution in [1.82, 2.24) is 0 Å². The third kappa shape index (κ3) is 2.22. The quantitative estimate of drug-likeness (QED) is 0.460. The van der Waals surface area contributed by atoms with Gasteiger partial charge in [-0.2, -0.15) is 0 Å². The number of hydrogen-bond acceptors (Lipinski definition) is 0. The van der Waals surface area contributed by atoms with E-state index in [0.29, 0.717) is 0 Å². The Morgan fingerprint density at radius 1 is 1.08 bits per heavy atom. The van der Waals surface area contributed by atoms with E-state index in [1.807, 2.05) is 12.2 Å². The molecular weight excluding hydrogens is 158 g/mol. The average molecular weight is 180 g/mol. The van der Waals surface area contributed by atoms with Crippen LogP contribution in [0.1, 0.15) is 13.8 Å². The third-order valence-electron chi connectivity index (χ3n) is 3.35. The van der Waals surface area contributed by atoms with E-state index in [2.05, 4.69) is 27.0 Å². The molecule has 0 aromatic carbocycles. The van der Waals surface area contributed by atoms with E-state index in [0.717, 1.165) is 24.9 Å². The molecule has 0 spiro atoms. The predicted octanol–water partition coefficient (Wildman–Crippen LogP) is 2.46. The molecule has 0 saturated carbocycles. The van der Waals surface area contributed by atoms with Crippen LogP contribution in [0.3, 0.4) is 0 Å². The summed E-state index contributed by atoms with van der Waals surface area (Å²) < 4.78 is 1.18. The molecule has 0 N–H and O–H groups in total. The van der Waals surface area contributed by atoms with Gasteiger partial charge in [0.05, 0.1) is 26.2 Å². The van der Waals surface area contributed by atoms with Crippen LogP contribution in [-0.2, 0) is 0 Å². The molecule has 0 amide bonds. The highest BCUT2D eigenvalue weighted by Gasteiger charge is 2.38. The van der Waals surface area contributed by atoms with Crippen LogP contribution < -0.4 is 0 Å². The predicted molar refractivity (Wildman–Crippen MR) is 58.5 cm³/mol. The zero-order valence-electron chi connectivity index (χ0n) is 9.00. The molecular formula is C12H22N+. The van der Waals surface area contributed by atoms with Crippen molar-refractivity contribution in [1.29, 1.82) is 0 Å². The first-order valence-corrected chi connectivity index (χ1v) is 5.20. The molecule has 0 aromatic heterocycles. The Balaban J connectivity index is 2.69. The summed E-state index contributed by atoms with van der Waals surface area (Å²) in [6.45, 7) is 17.2. The molecule has 1 heteroatoms. The number of rotatable bonds is 4. The molecule has 0 radical (unpaired) electrons. The number of likely N-dealkylation sites (tertiary alicyclic amines) is 1. The van der Waals surface area contributed by atoms with E-state index < -0.39 is 0 Å². The van der Waals surface area contributed by atoms with Crippen LogP contribution in [0.15, 0.2) is 25.3 Å². The molecule has 0 bridgehead atoms. The van der Waals surface area contributed by atoms with Crippen LogP contribution in [0.2, 0.25) is 0 Å². The Morgan fingerprint density at radius 3 is 1.77 bits per heavy atom. The highest BCUT2D eigenvalue weighted by Crippen LogP contribution is 2.29. The maximum atomic E-state index is 3.85. The van der Waals surface area contributed by atoms with Crippen LogP contribution in [-0.4, -0.2) is 30.7 Å². The number of quaternary nitrogens is 1. The summed E-state index contributed by atoms with van der Waals surface area (Å²) in [7, 11) is 0. The van der Waals surface area contributed by atoms with Gasteiger partial charge in [-0.25, -0.2) is 0 Å². The minimum atomic E-state index is 0.847. The van der Waals surface area contributed by atoms with Crippen molar-refractivity contribution in [2.45, 2.75) is 13.8 Å². The lowest BCUT2D eigenvalue weighted by Crippen LogP contribution is -2.46. The third-order valence-corrected chi connectivity index (χ3v) is 3.35. The normalized spacial score (nSPS) is 31.5. The molecule has 1 rings (SSSR count). The zero-order valence-corrected chi connectivity index (χ0v) is 9.00. The highest BCUT2D eigenvalue weighted by molar-refractivity contribution is 4.78. The number of nitrogens with zero attached hydrogens (tertiary/aromatic N) is 1. The Bertz CT molecular complexity index is 173. The zero-order chi connectivity index (χ0) is 9.90. The van der Waals surface area contributed by atoms with Gasteiger partial charge in [0.1, 0.15) is 0 Å². The molecule has 0 aliphatic carbocycles. The summed E-state index contributed by atoms with van der Waals surface area (Å²) >= 11 is 0. The van der Waals surface area contributed by atoms with Crippen molar-refractivity contribution >= 4 is 0 Å². The van der Waals surface area contributed by atoms with Gasteiger partial charge < -0.3 is 4.48 Å². The van der Waals surface area contributed by atoms with Gasteiger partial charge in [-0.05, 0) is 12.2 Å². The summed E-state index contributed by atoms with van der Waals surface area (Å²) in [6.07, 6.45) is 4.10. The van der Waals surface area contributed by atoms with Crippen LogP contribution >= 0.6 is 0 Å². The Kier molecular flexibility index (Phi) is 3.32. The van der Waals surface area contributed by atoms with Crippen LogP contribution in [0.25, 0.3) is 0 Å². The second-order valence-corrected chi connectivity index (χ2v) is 4.60. The molecule has 2 unspecified atom stereocenters. The van der Waals surface area contributed by atoms with Crippen LogP contribution in [0.5, 0.6) is 0 Å².